The summed E-state index contributed by atoms with van der Waals surface area (Å²) in [6, 6.07) is 6.12. The maximum absolute atomic E-state index is 12.3. The summed E-state index contributed by atoms with van der Waals surface area (Å²) >= 11 is 0. The van der Waals surface area contributed by atoms with Gasteiger partial charge in [-0.1, -0.05) is 17.7 Å². The molecule has 2 rings (SSSR count). The number of ether oxygens (including phenoxy) is 2. The van der Waals surface area contributed by atoms with Gasteiger partial charge in [-0.05, 0) is 26.0 Å². The largest absolute Gasteiger partial charge is 0.387 e. The molecule has 1 saturated heterocycles. The summed E-state index contributed by atoms with van der Waals surface area (Å²) in [5.41, 5.74) is 0.909. The Morgan fingerprint density at radius 2 is 1.73 bits per heavy atom. The fraction of sp³-hybridized carbons (Fsp3) is 0.571. The maximum Gasteiger partial charge on any atom is 0.297 e. The minimum Gasteiger partial charge on any atom is -0.387 e. The second-order valence-corrected chi connectivity index (χ2v) is 6.83. The van der Waals surface area contributed by atoms with E-state index in [1.54, 1.807) is 12.1 Å². The van der Waals surface area contributed by atoms with Crippen molar-refractivity contribution in [1.29, 1.82) is 0 Å². The van der Waals surface area contributed by atoms with Crippen molar-refractivity contribution < 1.29 is 32.3 Å². The molecule has 0 amide bonds. The smallest absolute Gasteiger partial charge is 0.297 e. The molecule has 8 heteroatoms. The standard InChI is InChI=1S/C14H20O7S/c1-8-4-6-10(7-5-8)22(17,18)21-13-9(2)20-14(19-3)12(16)11(13)15/h4-7,9,11-16H,1-3H3/t9-,11-,12+,13-,14+/m1/s1. The van der Waals surface area contributed by atoms with Crippen molar-refractivity contribution in [3.8, 4) is 0 Å². The second-order valence-electron chi connectivity index (χ2n) is 5.25. The predicted molar refractivity (Wildman–Crippen MR) is 76.6 cm³/mol. The van der Waals surface area contributed by atoms with Crippen LogP contribution >= 0.6 is 0 Å². The van der Waals surface area contributed by atoms with Crippen LogP contribution in [0.5, 0.6) is 0 Å². The lowest BCUT2D eigenvalue weighted by atomic mass is 10.0. The van der Waals surface area contributed by atoms with Gasteiger partial charge >= 0.3 is 0 Å². The van der Waals surface area contributed by atoms with Crippen LogP contribution in [0.2, 0.25) is 0 Å². The van der Waals surface area contributed by atoms with Crippen LogP contribution in [-0.4, -0.2) is 56.4 Å². The lowest BCUT2D eigenvalue weighted by molar-refractivity contribution is -0.281. The molecule has 0 unspecified atom stereocenters. The fourth-order valence-electron chi connectivity index (χ4n) is 2.24. The van der Waals surface area contributed by atoms with Crippen LogP contribution in [0.25, 0.3) is 0 Å². The molecule has 1 heterocycles. The van der Waals surface area contributed by atoms with Crippen molar-refractivity contribution in [1.82, 2.24) is 0 Å². The zero-order valence-electron chi connectivity index (χ0n) is 12.5. The van der Waals surface area contributed by atoms with Gasteiger partial charge in [0.15, 0.2) is 6.29 Å². The number of hydrogen-bond acceptors (Lipinski definition) is 7. The number of aliphatic hydroxyl groups excluding tert-OH is 2. The fourth-order valence-corrected chi connectivity index (χ4v) is 3.38. The van der Waals surface area contributed by atoms with Gasteiger partial charge in [-0.15, -0.1) is 0 Å². The number of aliphatic hydroxyl groups is 2. The minimum absolute atomic E-state index is 0.0270. The van der Waals surface area contributed by atoms with Gasteiger partial charge in [-0.2, -0.15) is 8.42 Å². The SMILES string of the molecule is CO[C@H]1O[C@H](C)[C@@H](OS(=O)(=O)c2ccc(C)cc2)[C@H](O)[C@@H]1O. The van der Waals surface area contributed by atoms with Crippen LogP contribution in [0.15, 0.2) is 29.2 Å². The van der Waals surface area contributed by atoms with Crippen molar-refractivity contribution in [2.45, 2.75) is 49.4 Å². The normalized spacial score (nSPS) is 32.9. The summed E-state index contributed by atoms with van der Waals surface area (Å²) in [5.74, 6) is 0. The monoisotopic (exact) mass is 332 g/mol. The molecule has 2 N–H and O–H groups in total. The Kier molecular flexibility index (Phi) is 5.21. The molecule has 1 aromatic carbocycles. The molecule has 1 aliphatic heterocycles. The Labute approximate surface area is 129 Å². The molecule has 0 saturated carbocycles. The zero-order valence-corrected chi connectivity index (χ0v) is 13.4. The highest BCUT2D eigenvalue weighted by molar-refractivity contribution is 7.86. The third-order valence-corrected chi connectivity index (χ3v) is 4.88. The molecule has 0 aromatic heterocycles. The second kappa shape index (κ2) is 6.61. The average Bonchev–Trinajstić information content (AvgIpc) is 2.48. The summed E-state index contributed by atoms with van der Waals surface area (Å²) in [4.78, 5) is -0.0270. The third kappa shape index (κ3) is 3.48. The van der Waals surface area contributed by atoms with Crippen molar-refractivity contribution in [3.05, 3.63) is 29.8 Å². The highest BCUT2D eigenvalue weighted by atomic mass is 32.2. The molecule has 7 nitrogen and oxygen atoms in total. The average molecular weight is 332 g/mol. The molecule has 124 valence electrons. The molecule has 1 aromatic rings. The van der Waals surface area contributed by atoms with E-state index in [4.69, 9.17) is 13.7 Å². The predicted octanol–water partition coefficient (Wildman–Crippen LogP) is 0.182. The first kappa shape index (κ1) is 17.3. The van der Waals surface area contributed by atoms with Crippen LogP contribution in [0.1, 0.15) is 12.5 Å². The summed E-state index contributed by atoms with van der Waals surface area (Å²) in [7, 11) is -2.77. The Hall–Kier alpha value is -1.03. The van der Waals surface area contributed by atoms with Gasteiger partial charge in [0.05, 0.1) is 11.0 Å². The highest BCUT2D eigenvalue weighted by Gasteiger charge is 2.45. The quantitative estimate of drug-likeness (QED) is 0.758. The first-order valence-electron chi connectivity index (χ1n) is 6.80. The zero-order chi connectivity index (χ0) is 16.5. The number of benzene rings is 1. The van der Waals surface area contributed by atoms with Gasteiger partial charge in [0.1, 0.15) is 18.3 Å². The van der Waals surface area contributed by atoms with E-state index in [0.29, 0.717) is 0 Å². The molecule has 0 bridgehead atoms. The molecule has 1 aliphatic rings. The van der Waals surface area contributed by atoms with Gasteiger partial charge < -0.3 is 19.7 Å². The minimum atomic E-state index is -4.08. The maximum atomic E-state index is 12.3. The summed E-state index contributed by atoms with van der Waals surface area (Å²) in [5, 5.41) is 19.9. The molecule has 22 heavy (non-hydrogen) atoms. The number of methoxy groups -OCH3 is 1. The molecule has 1 fully saturated rings. The Morgan fingerprint density at radius 3 is 2.27 bits per heavy atom. The van der Waals surface area contributed by atoms with E-state index in [0.717, 1.165) is 5.56 Å². The summed E-state index contributed by atoms with van der Waals surface area (Å²) < 4.78 is 39.8. The molecule has 0 aliphatic carbocycles. The van der Waals surface area contributed by atoms with Crippen LogP contribution in [0, 0.1) is 6.92 Å². The molecule has 0 radical (unpaired) electrons. The van der Waals surface area contributed by atoms with Crippen LogP contribution in [0.4, 0.5) is 0 Å². The number of hydrogen-bond donors (Lipinski definition) is 2. The molecular weight excluding hydrogens is 312 g/mol. The molecular formula is C14H20O7S. The molecule has 5 atom stereocenters. The Balaban J connectivity index is 2.20. The van der Waals surface area contributed by atoms with E-state index in [1.165, 1.54) is 26.2 Å². The third-order valence-electron chi connectivity index (χ3n) is 3.56. The van der Waals surface area contributed by atoms with Crippen molar-refractivity contribution in [3.63, 3.8) is 0 Å². The van der Waals surface area contributed by atoms with Gasteiger partial charge in [0.2, 0.25) is 0 Å². The topological polar surface area (TPSA) is 102 Å². The van der Waals surface area contributed by atoms with Crippen LogP contribution in [-0.2, 0) is 23.8 Å². The number of aryl methyl sites for hydroxylation is 1. The van der Waals surface area contributed by atoms with Crippen molar-refractivity contribution in [2.75, 3.05) is 7.11 Å². The highest BCUT2D eigenvalue weighted by Crippen LogP contribution is 2.27. The lowest BCUT2D eigenvalue weighted by Crippen LogP contribution is -2.58. The molecule has 0 spiro atoms. The first-order chi connectivity index (χ1) is 10.3. The Bertz CT molecular complexity index is 598. The van der Waals surface area contributed by atoms with E-state index < -0.39 is 40.8 Å². The Morgan fingerprint density at radius 1 is 1.14 bits per heavy atom. The van der Waals surface area contributed by atoms with E-state index in [-0.39, 0.29) is 4.90 Å². The van der Waals surface area contributed by atoms with Gasteiger partial charge in [0.25, 0.3) is 10.1 Å². The summed E-state index contributed by atoms with van der Waals surface area (Å²) in [6.45, 7) is 3.37. The van der Waals surface area contributed by atoms with Gasteiger partial charge in [-0.25, -0.2) is 0 Å². The van der Waals surface area contributed by atoms with Crippen LogP contribution < -0.4 is 0 Å². The van der Waals surface area contributed by atoms with E-state index in [9.17, 15) is 18.6 Å². The first-order valence-corrected chi connectivity index (χ1v) is 8.21. The van der Waals surface area contributed by atoms with E-state index >= 15 is 0 Å². The van der Waals surface area contributed by atoms with E-state index in [2.05, 4.69) is 0 Å². The van der Waals surface area contributed by atoms with Crippen molar-refractivity contribution in [2.24, 2.45) is 0 Å². The summed E-state index contributed by atoms with van der Waals surface area (Å²) in [6.07, 6.45) is -5.89. The number of rotatable bonds is 4. The van der Waals surface area contributed by atoms with E-state index in [1.807, 2.05) is 6.92 Å². The van der Waals surface area contributed by atoms with Gasteiger partial charge in [-0.3, -0.25) is 4.18 Å². The van der Waals surface area contributed by atoms with Crippen LogP contribution in [0.3, 0.4) is 0 Å². The lowest BCUT2D eigenvalue weighted by Gasteiger charge is -2.39. The van der Waals surface area contributed by atoms with Gasteiger partial charge in [0, 0.05) is 7.11 Å². The van der Waals surface area contributed by atoms with Crippen molar-refractivity contribution >= 4 is 10.1 Å².